The minimum Gasteiger partial charge on any atom is -0.493 e. The standard InChI is InChI=1S/C23H24N2O4/c1-28-18-11-10-16(14-19(18)29-2)15-25-22(26)20(17-8-4-3-5-9-17)21(23(25)27)24-12-6-7-13-24/h3-5,8-11,14H,6-7,12-13,15H2,1-2H3. The summed E-state index contributed by atoms with van der Waals surface area (Å²) in [5.41, 5.74) is 2.61. The number of ether oxygens (including phenoxy) is 2. The molecule has 6 heteroatoms. The van der Waals surface area contributed by atoms with Crippen molar-refractivity contribution in [3.63, 3.8) is 0 Å². The van der Waals surface area contributed by atoms with Gasteiger partial charge in [-0.25, -0.2) is 0 Å². The maximum absolute atomic E-state index is 13.3. The highest BCUT2D eigenvalue weighted by Gasteiger charge is 2.42. The molecule has 1 fully saturated rings. The van der Waals surface area contributed by atoms with Crippen molar-refractivity contribution in [3.8, 4) is 11.5 Å². The Hall–Kier alpha value is -3.28. The van der Waals surface area contributed by atoms with E-state index in [1.165, 1.54) is 4.90 Å². The number of methoxy groups -OCH3 is 2. The Morgan fingerprint density at radius 3 is 2.21 bits per heavy atom. The summed E-state index contributed by atoms with van der Waals surface area (Å²) in [5, 5.41) is 0. The molecule has 0 N–H and O–H groups in total. The quantitative estimate of drug-likeness (QED) is 0.707. The van der Waals surface area contributed by atoms with Gasteiger partial charge in [-0.05, 0) is 36.1 Å². The van der Waals surface area contributed by atoms with E-state index >= 15 is 0 Å². The second-order valence-electron chi connectivity index (χ2n) is 7.17. The smallest absolute Gasteiger partial charge is 0.278 e. The highest BCUT2D eigenvalue weighted by Crippen LogP contribution is 2.35. The molecule has 2 aromatic rings. The summed E-state index contributed by atoms with van der Waals surface area (Å²) in [6, 6.07) is 14.9. The lowest BCUT2D eigenvalue weighted by atomic mass is 10.0. The summed E-state index contributed by atoms with van der Waals surface area (Å²) >= 11 is 0. The van der Waals surface area contributed by atoms with E-state index in [0.29, 0.717) is 22.8 Å². The molecule has 2 aliphatic rings. The Balaban J connectivity index is 1.69. The molecule has 0 spiro atoms. The number of carbonyl (C=O) groups is 2. The van der Waals surface area contributed by atoms with E-state index in [9.17, 15) is 9.59 Å². The van der Waals surface area contributed by atoms with Crippen LogP contribution in [-0.2, 0) is 16.1 Å². The van der Waals surface area contributed by atoms with Crippen LogP contribution in [0.5, 0.6) is 11.5 Å². The summed E-state index contributed by atoms with van der Waals surface area (Å²) in [7, 11) is 3.14. The van der Waals surface area contributed by atoms with E-state index in [0.717, 1.165) is 37.1 Å². The first kappa shape index (κ1) is 19.1. The molecule has 2 amide bonds. The van der Waals surface area contributed by atoms with Gasteiger partial charge in [0.05, 0.1) is 26.3 Å². The third kappa shape index (κ3) is 3.46. The molecule has 29 heavy (non-hydrogen) atoms. The molecule has 0 aromatic heterocycles. The van der Waals surface area contributed by atoms with Gasteiger partial charge in [-0.1, -0.05) is 36.4 Å². The number of carbonyl (C=O) groups excluding carboxylic acids is 2. The predicted molar refractivity (Wildman–Crippen MR) is 109 cm³/mol. The summed E-state index contributed by atoms with van der Waals surface area (Å²) in [4.78, 5) is 30.0. The minimum atomic E-state index is -0.252. The number of imide groups is 1. The van der Waals surface area contributed by atoms with Gasteiger partial charge in [0.1, 0.15) is 5.70 Å². The number of amides is 2. The summed E-state index contributed by atoms with van der Waals surface area (Å²) in [6.07, 6.45) is 2.06. The van der Waals surface area contributed by atoms with Crippen molar-refractivity contribution in [3.05, 3.63) is 65.4 Å². The molecule has 2 aromatic carbocycles. The van der Waals surface area contributed by atoms with Gasteiger partial charge >= 0.3 is 0 Å². The van der Waals surface area contributed by atoms with E-state index in [-0.39, 0.29) is 18.4 Å². The largest absolute Gasteiger partial charge is 0.493 e. The van der Waals surface area contributed by atoms with E-state index in [1.807, 2.05) is 36.4 Å². The molecule has 4 rings (SSSR count). The molecular formula is C23H24N2O4. The van der Waals surface area contributed by atoms with Crippen molar-refractivity contribution in [1.29, 1.82) is 0 Å². The fraction of sp³-hybridized carbons (Fsp3) is 0.304. The molecule has 1 saturated heterocycles. The first-order valence-corrected chi connectivity index (χ1v) is 9.75. The first-order valence-electron chi connectivity index (χ1n) is 9.75. The van der Waals surface area contributed by atoms with E-state index < -0.39 is 0 Å². The van der Waals surface area contributed by atoms with Crippen LogP contribution in [0.4, 0.5) is 0 Å². The number of rotatable bonds is 6. The van der Waals surface area contributed by atoms with Crippen molar-refractivity contribution < 1.29 is 19.1 Å². The number of likely N-dealkylation sites (tertiary alicyclic amines) is 1. The van der Waals surface area contributed by atoms with Crippen molar-refractivity contribution in [2.45, 2.75) is 19.4 Å². The van der Waals surface area contributed by atoms with Crippen LogP contribution < -0.4 is 9.47 Å². The van der Waals surface area contributed by atoms with Gasteiger partial charge in [0.25, 0.3) is 11.8 Å². The van der Waals surface area contributed by atoms with Crippen LogP contribution >= 0.6 is 0 Å². The summed E-state index contributed by atoms with van der Waals surface area (Å²) in [5.74, 6) is 0.694. The zero-order valence-corrected chi connectivity index (χ0v) is 16.7. The number of hydrogen-bond acceptors (Lipinski definition) is 5. The Labute approximate surface area is 170 Å². The van der Waals surface area contributed by atoms with E-state index in [4.69, 9.17) is 9.47 Å². The lowest BCUT2D eigenvalue weighted by molar-refractivity contribution is -0.138. The third-order valence-electron chi connectivity index (χ3n) is 5.42. The van der Waals surface area contributed by atoms with Crippen LogP contribution in [0.2, 0.25) is 0 Å². The SMILES string of the molecule is COc1ccc(CN2C(=O)C(c3ccccc3)=C(N3CCCC3)C2=O)cc1OC. The van der Waals surface area contributed by atoms with Crippen LogP contribution in [0, 0.1) is 0 Å². The molecule has 0 unspecified atom stereocenters. The zero-order chi connectivity index (χ0) is 20.4. The lowest BCUT2D eigenvalue weighted by Gasteiger charge is -2.20. The molecule has 0 atom stereocenters. The molecule has 150 valence electrons. The Bertz CT molecular complexity index is 962. The minimum absolute atomic E-state index is 0.186. The van der Waals surface area contributed by atoms with Crippen LogP contribution in [-0.4, -0.2) is 48.9 Å². The fourth-order valence-electron chi connectivity index (χ4n) is 3.97. The van der Waals surface area contributed by atoms with Crippen LogP contribution in [0.15, 0.2) is 54.2 Å². The number of nitrogens with zero attached hydrogens (tertiary/aromatic N) is 2. The fourth-order valence-corrected chi connectivity index (χ4v) is 3.97. The van der Waals surface area contributed by atoms with Gasteiger partial charge in [-0.2, -0.15) is 0 Å². The lowest BCUT2D eigenvalue weighted by Crippen LogP contribution is -2.34. The van der Waals surface area contributed by atoms with Crippen molar-refractivity contribution in [2.24, 2.45) is 0 Å². The molecule has 2 aliphatic heterocycles. The maximum Gasteiger partial charge on any atom is 0.278 e. The Kier molecular flexibility index (Phi) is 5.25. The zero-order valence-electron chi connectivity index (χ0n) is 16.7. The highest BCUT2D eigenvalue weighted by atomic mass is 16.5. The van der Waals surface area contributed by atoms with Crippen LogP contribution in [0.25, 0.3) is 5.57 Å². The average molecular weight is 392 g/mol. The van der Waals surface area contributed by atoms with E-state index in [1.54, 1.807) is 26.4 Å². The molecule has 0 saturated carbocycles. The molecule has 0 aliphatic carbocycles. The number of benzene rings is 2. The molecule has 0 bridgehead atoms. The second kappa shape index (κ2) is 7.99. The van der Waals surface area contributed by atoms with Gasteiger partial charge in [-0.3, -0.25) is 14.5 Å². The van der Waals surface area contributed by atoms with Gasteiger partial charge < -0.3 is 14.4 Å². The van der Waals surface area contributed by atoms with Crippen molar-refractivity contribution in [1.82, 2.24) is 9.80 Å². The van der Waals surface area contributed by atoms with Gasteiger partial charge in [0, 0.05) is 13.1 Å². The third-order valence-corrected chi connectivity index (χ3v) is 5.42. The maximum atomic E-state index is 13.3. The average Bonchev–Trinajstić information content (AvgIpc) is 3.36. The second-order valence-corrected chi connectivity index (χ2v) is 7.17. The van der Waals surface area contributed by atoms with Gasteiger partial charge in [-0.15, -0.1) is 0 Å². The predicted octanol–water partition coefficient (Wildman–Crippen LogP) is 3.08. The van der Waals surface area contributed by atoms with Crippen LogP contribution in [0.1, 0.15) is 24.0 Å². The topological polar surface area (TPSA) is 59.1 Å². The molecule has 2 heterocycles. The Morgan fingerprint density at radius 1 is 0.862 bits per heavy atom. The first-order chi connectivity index (χ1) is 14.1. The summed E-state index contributed by atoms with van der Waals surface area (Å²) < 4.78 is 10.6. The highest BCUT2D eigenvalue weighted by molar-refractivity contribution is 6.35. The molecule has 6 nitrogen and oxygen atoms in total. The number of hydrogen-bond donors (Lipinski definition) is 0. The van der Waals surface area contributed by atoms with Crippen molar-refractivity contribution >= 4 is 17.4 Å². The Morgan fingerprint density at radius 2 is 1.55 bits per heavy atom. The monoisotopic (exact) mass is 392 g/mol. The summed E-state index contributed by atoms with van der Waals surface area (Å²) in [6.45, 7) is 1.79. The van der Waals surface area contributed by atoms with Gasteiger partial charge in [0.2, 0.25) is 0 Å². The van der Waals surface area contributed by atoms with Gasteiger partial charge in [0.15, 0.2) is 11.5 Å². The normalized spacial score (nSPS) is 16.8. The van der Waals surface area contributed by atoms with Crippen LogP contribution in [0.3, 0.4) is 0 Å². The molecular weight excluding hydrogens is 368 g/mol. The van der Waals surface area contributed by atoms with E-state index in [2.05, 4.69) is 4.90 Å². The van der Waals surface area contributed by atoms with Crippen molar-refractivity contribution in [2.75, 3.05) is 27.3 Å². The molecule has 0 radical (unpaired) electrons.